The number of nitrogens with two attached hydrogens (primary N) is 1. The normalized spacial score (nSPS) is 10.8. The third-order valence-corrected chi connectivity index (χ3v) is 3.08. The van der Waals surface area contributed by atoms with Crippen LogP contribution in [0.4, 0.5) is 0 Å². The minimum Gasteiger partial charge on any atom is -0.473 e. The van der Waals surface area contributed by atoms with Crippen molar-refractivity contribution in [3.63, 3.8) is 0 Å². The zero-order chi connectivity index (χ0) is 14.6. The van der Waals surface area contributed by atoms with Gasteiger partial charge in [-0.3, -0.25) is 4.79 Å². The zero-order valence-corrected chi connectivity index (χ0v) is 11.0. The summed E-state index contributed by atoms with van der Waals surface area (Å²) >= 11 is 0. The van der Waals surface area contributed by atoms with E-state index in [0.717, 1.165) is 6.07 Å². The topological polar surface area (TPSA) is 104 Å². The van der Waals surface area contributed by atoms with Crippen molar-refractivity contribution in [3.05, 3.63) is 65.2 Å². The summed E-state index contributed by atoms with van der Waals surface area (Å²) < 4.78 is 31.5. The van der Waals surface area contributed by atoms with Gasteiger partial charge in [0, 0.05) is 6.07 Å². The first-order chi connectivity index (χ1) is 9.48. The van der Waals surface area contributed by atoms with Crippen molar-refractivity contribution < 1.29 is 17.3 Å². The molecule has 2 aromatic heterocycles. The molecular weight excluding hydrogens is 282 g/mol. The molecule has 0 fully saturated rings. The van der Waals surface area contributed by atoms with E-state index < -0.39 is 20.5 Å². The average molecular weight is 293 g/mol. The average Bonchev–Trinajstić information content (AvgIpc) is 2.97. The maximum atomic E-state index is 11.5. The largest absolute Gasteiger partial charge is 0.473 e. The van der Waals surface area contributed by atoms with E-state index in [9.17, 15) is 13.2 Å². The molecule has 0 aliphatic carbocycles. The Labute approximate surface area is 114 Å². The van der Waals surface area contributed by atoms with Gasteiger partial charge in [-0.2, -0.15) is 0 Å². The Morgan fingerprint density at radius 3 is 2.20 bits per heavy atom. The highest BCUT2D eigenvalue weighted by Crippen LogP contribution is 2.13. The lowest BCUT2D eigenvalue weighted by Crippen LogP contribution is -2.15. The molecule has 0 atom stereocenters. The number of benzene rings is 1. The van der Waals surface area contributed by atoms with E-state index in [0.29, 0.717) is 5.39 Å². The Kier molecular flexibility index (Phi) is 4.02. The monoisotopic (exact) mass is 293 g/mol. The lowest BCUT2D eigenvalue weighted by atomic mass is 10.2. The molecule has 0 aliphatic rings. The van der Waals surface area contributed by atoms with Crippen LogP contribution in [-0.2, 0) is 10.0 Å². The van der Waals surface area contributed by atoms with E-state index in [1.165, 1.54) is 6.07 Å². The maximum absolute atomic E-state index is 11.5. The summed E-state index contributed by atoms with van der Waals surface area (Å²) in [5, 5.41) is 4.66. The smallest absolute Gasteiger partial charge is 0.271 e. The summed E-state index contributed by atoms with van der Waals surface area (Å²) in [7, 11) is -3.98. The highest BCUT2D eigenvalue weighted by molar-refractivity contribution is 7.89. The number of hydrogen-bond donors (Lipinski definition) is 1. The Morgan fingerprint density at radius 2 is 1.65 bits per heavy atom. The number of primary sulfonamides is 1. The SMILES string of the molecule is NS(=O)(=O)c1cc(=O)c2ccccc2o1.c1ccoc1. The molecule has 0 amide bonds. The second-order valence-electron chi connectivity index (χ2n) is 3.76. The van der Waals surface area contributed by atoms with Gasteiger partial charge in [0.1, 0.15) is 5.58 Å². The number of para-hydroxylation sites is 1. The van der Waals surface area contributed by atoms with Gasteiger partial charge in [0.15, 0.2) is 5.43 Å². The third kappa shape index (κ3) is 3.34. The molecule has 1 aromatic carbocycles. The fraction of sp³-hybridized carbons (Fsp3) is 0. The fourth-order valence-electron chi connectivity index (χ4n) is 1.45. The van der Waals surface area contributed by atoms with Gasteiger partial charge in [-0.1, -0.05) is 12.1 Å². The molecule has 0 aliphatic heterocycles. The van der Waals surface area contributed by atoms with Gasteiger partial charge in [0.25, 0.3) is 10.0 Å². The number of rotatable bonds is 1. The first-order valence-corrected chi connectivity index (χ1v) is 7.06. The molecule has 0 spiro atoms. The minimum absolute atomic E-state index is 0.203. The van der Waals surface area contributed by atoms with Gasteiger partial charge in [0.05, 0.1) is 17.9 Å². The molecule has 6 nitrogen and oxygen atoms in total. The Hall–Kier alpha value is -2.38. The summed E-state index contributed by atoms with van der Waals surface area (Å²) in [6.45, 7) is 0. The van der Waals surface area contributed by atoms with Crippen LogP contribution in [0.25, 0.3) is 11.0 Å². The van der Waals surface area contributed by atoms with Gasteiger partial charge in [-0.25, -0.2) is 13.6 Å². The molecule has 104 valence electrons. The summed E-state index contributed by atoms with van der Waals surface area (Å²) in [6.07, 6.45) is 3.25. The van der Waals surface area contributed by atoms with Crippen LogP contribution in [0.1, 0.15) is 0 Å². The predicted octanol–water partition coefficient (Wildman–Crippen LogP) is 1.72. The van der Waals surface area contributed by atoms with Crippen molar-refractivity contribution in [1.29, 1.82) is 0 Å². The van der Waals surface area contributed by atoms with Crippen LogP contribution in [0.3, 0.4) is 0 Å². The quantitative estimate of drug-likeness (QED) is 0.735. The third-order valence-electron chi connectivity index (χ3n) is 2.32. The number of furan rings is 1. The van der Waals surface area contributed by atoms with E-state index in [1.807, 2.05) is 12.1 Å². The summed E-state index contributed by atoms with van der Waals surface area (Å²) in [5.74, 6) is 0. The van der Waals surface area contributed by atoms with Gasteiger partial charge < -0.3 is 8.83 Å². The number of fused-ring (bicyclic) bond motifs is 1. The van der Waals surface area contributed by atoms with Crippen LogP contribution in [0, 0.1) is 0 Å². The van der Waals surface area contributed by atoms with Crippen LogP contribution >= 0.6 is 0 Å². The molecule has 0 unspecified atom stereocenters. The molecule has 20 heavy (non-hydrogen) atoms. The Balaban J connectivity index is 0.000000247. The Bertz CT molecular complexity index is 833. The molecule has 0 saturated carbocycles. The molecule has 3 aromatic rings. The number of sulfonamides is 1. The van der Waals surface area contributed by atoms with Crippen molar-refractivity contribution in [2.24, 2.45) is 5.14 Å². The predicted molar refractivity (Wildman–Crippen MR) is 72.6 cm³/mol. The minimum atomic E-state index is -3.98. The van der Waals surface area contributed by atoms with Crippen LogP contribution < -0.4 is 10.6 Å². The lowest BCUT2D eigenvalue weighted by Gasteiger charge is -1.99. The highest BCUT2D eigenvalue weighted by Gasteiger charge is 2.13. The van der Waals surface area contributed by atoms with Crippen molar-refractivity contribution in [2.75, 3.05) is 0 Å². The zero-order valence-electron chi connectivity index (χ0n) is 10.2. The van der Waals surface area contributed by atoms with Gasteiger partial charge >= 0.3 is 0 Å². The van der Waals surface area contributed by atoms with Crippen LogP contribution in [0.5, 0.6) is 0 Å². The lowest BCUT2D eigenvalue weighted by molar-refractivity contribution is 0.470. The second-order valence-corrected chi connectivity index (χ2v) is 5.26. The summed E-state index contributed by atoms with van der Waals surface area (Å²) in [6, 6.07) is 10.9. The first kappa shape index (κ1) is 14.0. The maximum Gasteiger partial charge on any atom is 0.271 e. The molecular formula is C13H11NO5S. The van der Waals surface area contributed by atoms with Crippen molar-refractivity contribution in [3.8, 4) is 0 Å². The van der Waals surface area contributed by atoms with Gasteiger partial charge in [-0.15, -0.1) is 0 Å². The summed E-state index contributed by atoms with van der Waals surface area (Å²) in [5.41, 5.74) is -0.227. The molecule has 0 saturated heterocycles. The van der Waals surface area contributed by atoms with E-state index in [2.05, 4.69) is 4.42 Å². The van der Waals surface area contributed by atoms with Crippen molar-refractivity contribution >= 4 is 21.0 Å². The fourth-order valence-corrected chi connectivity index (χ4v) is 1.93. The van der Waals surface area contributed by atoms with Crippen LogP contribution in [0.15, 0.2) is 73.7 Å². The number of hydrogen-bond acceptors (Lipinski definition) is 5. The standard InChI is InChI=1S/C9H7NO4S.C4H4O/c10-15(12,13)9-5-7(11)6-3-1-2-4-8(6)14-9;1-2-4-5-3-1/h1-5H,(H2,10,12,13);1-4H. The molecule has 3 rings (SSSR count). The molecule has 7 heteroatoms. The first-order valence-electron chi connectivity index (χ1n) is 5.51. The molecule has 2 N–H and O–H groups in total. The van der Waals surface area contributed by atoms with Crippen molar-refractivity contribution in [1.82, 2.24) is 0 Å². The van der Waals surface area contributed by atoms with E-state index >= 15 is 0 Å². The second kappa shape index (κ2) is 5.72. The molecule has 2 heterocycles. The summed E-state index contributed by atoms with van der Waals surface area (Å²) in [4.78, 5) is 11.5. The van der Waals surface area contributed by atoms with E-state index in [4.69, 9.17) is 9.56 Å². The molecule has 0 radical (unpaired) electrons. The van der Waals surface area contributed by atoms with E-state index in [1.54, 1.807) is 30.7 Å². The van der Waals surface area contributed by atoms with Crippen molar-refractivity contribution in [2.45, 2.75) is 5.09 Å². The molecule has 0 bridgehead atoms. The highest BCUT2D eigenvalue weighted by atomic mass is 32.2. The van der Waals surface area contributed by atoms with Gasteiger partial charge in [0.2, 0.25) is 5.09 Å². The van der Waals surface area contributed by atoms with E-state index in [-0.39, 0.29) is 5.58 Å². The van der Waals surface area contributed by atoms with Crippen LogP contribution in [0.2, 0.25) is 0 Å². The van der Waals surface area contributed by atoms with Crippen LogP contribution in [-0.4, -0.2) is 8.42 Å². The van der Waals surface area contributed by atoms with Gasteiger partial charge in [-0.05, 0) is 24.3 Å². The Morgan fingerprint density at radius 1 is 1.00 bits per heavy atom.